The summed E-state index contributed by atoms with van der Waals surface area (Å²) in [7, 11) is -1.62. The van der Waals surface area contributed by atoms with Gasteiger partial charge in [0.2, 0.25) is 10.0 Å². The molecule has 0 saturated carbocycles. The molecular weight excluding hydrogens is 532 g/mol. The molecule has 0 amide bonds. The van der Waals surface area contributed by atoms with Crippen molar-refractivity contribution in [3.8, 4) is 28.4 Å². The fourth-order valence-corrected chi connectivity index (χ4v) is 5.63. The van der Waals surface area contributed by atoms with Gasteiger partial charge in [-0.25, -0.2) is 32.3 Å². The van der Waals surface area contributed by atoms with E-state index in [0.717, 1.165) is 35.1 Å². The van der Waals surface area contributed by atoms with E-state index in [9.17, 15) is 13.5 Å². The van der Waals surface area contributed by atoms with Crippen molar-refractivity contribution in [3.05, 3.63) is 49.1 Å². The van der Waals surface area contributed by atoms with Crippen LogP contribution >= 0.6 is 0 Å². The Morgan fingerprint density at radius 2 is 2.02 bits per heavy atom. The van der Waals surface area contributed by atoms with Crippen LogP contribution in [0.1, 0.15) is 32.6 Å². The molecule has 0 radical (unpaired) electrons. The number of rotatable bonds is 10. The lowest BCUT2D eigenvalue weighted by atomic mass is 10.1. The summed E-state index contributed by atoms with van der Waals surface area (Å²) in [5.74, 6) is 1.76. The molecule has 5 rings (SSSR count). The van der Waals surface area contributed by atoms with E-state index in [1.807, 2.05) is 44.3 Å². The van der Waals surface area contributed by atoms with E-state index in [1.54, 1.807) is 6.20 Å². The first-order chi connectivity index (χ1) is 19.2. The van der Waals surface area contributed by atoms with Crippen LogP contribution in [0.3, 0.4) is 0 Å². The fraction of sp³-hybridized carbons (Fsp3) is 0.429. The predicted octanol–water partition coefficient (Wildman–Crippen LogP) is 3.52. The van der Waals surface area contributed by atoms with Crippen LogP contribution in [-0.4, -0.2) is 82.7 Å². The maximum absolute atomic E-state index is 12.6. The van der Waals surface area contributed by atoms with Gasteiger partial charge in [-0.3, -0.25) is 0 Å². The second-order valence-electron chi connectivity index (χ2n) is 10.0. The average molecular weight is 567 g/mol. The Bertz CT molecular complexity index is 1590. The van der Waals surface area contributed by atoms with Crippen LogP contribution in [0.5, 0.6) is 5.75 Å². The van der Waals surface area contributed by atoms with E-state index in [-0.39, 0.29) is 18.3 Å². The highest BCUT2D eigenvalue weighted by Crippen LogP contribution is 2.33. The van der Waals surface area contributed by atoms with E-state index >= 15 is 0 Å². The maximum atomic E-state index is 12.6. The highest BCUT2D eigenvalue weighted by atomic mass is 32.2. The quantitative estimate of drug-likeness (QED) is 0.304. The van der Waals surface area contributed by atoms with Crippen molar-refractivity contribution in [3.63, 3.8) is 0 Å². The van der Waals surface area contributed by atoms with Gasteiger partial charge in [0.05, 0.1) is 18.1 Å². The first-order valence-corrected chi connectivity index (χ1v) is 15.2. The summed E-state index contributed by atoms with van der Waals surface area (Å²) in [6.45, 7) is 3.58. The summed E-state index contributed by atoms with van der Waals surface area (Å²) in [6, 6.07) is 9.54. The molecule has 0 aliphatic carbocycles. The molecule has 212 valence electrons. The zero-order valence-corrected chi connectivity index (χ0v) is 23.7. The lowest BCUT2D eigenvalue weighted by molar-refractivity contribution is 0.0853. The molecular formula is C28H34N6O5S. The topological polar surface area (TPSA) is 133 Å². The number of nitrogens with zero attached hydrogens (tertiary/aromatic N) is 6. The number of aliphatic hydroxyl groups is 1. The fourth-order valence-electron chi connectivity index (χ4n) is 4.87. The summed E-state index contributed by atoms with van der Waals surface area (Å²) in [5.41, 5.74) is 2.15. The monoisotopic (exact) mass is 566 g/mol. The third-order valence-electron chi connectivity index (χ3n) is 7.04. The van der Waals surface area contributed by atoms with Crippen molar-refractivity contribution < 1.29 is 23.0 Å². The third kappa shape index (κ3) is 6.08. The number of hydrogen-bond acceptors (Lipinski definition) is 10. The van der Waals surface area contributed by atoms with Gasteiger partial charge < -0.3 is 19.5 Å². The molecule has 0 bridgehead atoms. The highest BCUT2D eigenvalue weighted by Gasteiger charge is 2.24. The van der Waals surface area contributed by atoms with Gasteiger partial charge in [0.1, 0.15) is 24.5 Å². The van der Waals surface area contributed by atoms with Gasteiger partial charge in [-0.05, 0) is 31.4 Å². The van der Waals surface area contributed by atoms with Crippen LogP contribution < -0.4 is 9.64 Å². The number of aromatic nitrogens is 5. The molecule has 40 heavy (non-hydrogen) atoms. The normalized spacial score (nSPS) is 15.3. The molecule has 1 aliphatic rings. The zero-order valence-electron chi connectivity index (χ0n) is 22.9. The summed E-state index contributed by atoms with van der Waals surface area (Å²) in [4.78, 5) is 20.3. The van der Waals surface area contributed by atoms with Crippen LogP contribution in [-0.2, 0) is 14.8 Å². The number of aliphatic hydroxyl groups excluding tert-OH is 1. The molecule has 12 heteroatoms. The minimum absolute atomic E-state index is 0.195. The minimum atomic E-state index is -3.62. The lowest BCUT2D eigenvalue weighted by Gasteiger charge is -2.32. The summed E-state index contributed by atoms with van der Waals surface area (Å²) < 4.78 is 37.7. The summed E-state index contributed by atoms with van der Waals surface area (Å²) >= 11 is 0. The number of benzene rings is 1. The first-order valence-electron chi connectivity index (χ1n) is 13.4. The van der Waals surface area contributed by atoms with Gasteiger partial charge in [0.25, 0.3) is 0 Å². The number of fused-ring (bicyclic) bond motifs is 1. The Kier molecular flexibility index (Phi) is 8.29. The van der Waals surface area contributed by atoms with Crippen LogP contribution in [0.15, 0.2) is 49.1 Å². The highest BCUT2D eigenvalue weighted by molar-refractivity contribution is 7.89. The second-order valence-corrected chi connectivity index (χ2v) is 11.9. The number of anilines is 1. The van der Waals surface area contributed by atoms with Gasteiger partial charge in [-0.2, -0.15) is 0 Å². The predicted molar refractivity (Wildman–Crippen MR) is 153 cm³/mol. The van der Waals surface area contributed by atoms with Gasteiger partial charge in [0, 0.05) is 61.3 Å². The van der Waals surface area contributed by atoms with Crippen LogP contribution in [0.25, 0.3) is 33.7 Å². The van der Waals surface area contributed by atoms with Crippen LogP contribution in [0.4, 0.5) is 5.82 Å². The van der Waals surface area contributed by atoms with Crippen molar-refractivity contribution >= 4 is 26.9 Å². The molecule has 1 aromatic carbocycles. The van der Waals surface area contributed by atoms with Gasteiger partial charge in [-0.15, -0.1) is 0 Å². The molecule has 1 N–H and O–H groups in total. The smallest absolute Gasteiger partial charge is 0.237 e. The Morgan fingerprint density at radius 3 is 2.77 bits per heavy atom. The van der Waals surface area contributed by atoms with Gasteiger partial charge in [-0.1, -0.05) is 25.5 Å². The Hall–Kier alpha value is -3.61. The summed E-state index contributed by atoms with van der Waals surface area (Å²) in [5, 5.41) is 10.7. The van der Waals surface area contributed by atoms with Crippen molar-refractivity contribution in [2.45, 2.75) is 44.8 Å². The lowest BCUT2D eigenvalue weighted by Crippen LogP contribution is -2.37. The molecule has 1 unspecified atom stereocenters. The van der Waals surface area contributed by atoms with E-state index in [1.165, 1.54) is 12.5 Å². The van der Waals surface area contributed by atoms with Crippen molar-refractivity contribution in [2.24, 2.45) is 0 Å². The Balaban J connectivity index is 1.61. The van der Waals surface area contributed by atoms with Gasteiger partial charge in [0.15, 0.2) is 11.5 Å². The average Bonchev–Trinajstić information content (AvgIpc) is 3.37. The zero-order chi connectivity index (χ0) is 28.3. The molecule has 1 atom stereocenters. The Labute approximate surface area is 233 Å². The first kappa shape index (κ1) is 27.9. The van der Waals surface area contributed by atoms with E-state index in [4.69, 9.17) is 19.4 Å². The maximum Gasteiger partial charge on any atom is 0.237 e. The number of hydrogen-bond donors (Lipinski definition) is 1. The SMILES string of the molecule is CCCC(O)COc1cccc(-c2nc(-c3cn(S(C)(=O)=O)c4ncncc34)cc(N(C)C3CCOCC3)n2)c1. The molecule has 11 nitrogen and oxygen atoms in total. The minimum Gasteiger partial charge on any atom is -0.491 e. The third-order valence-corrected chi connectivity index (χ3v) is 8.03. The molecule has 4 aromatic rings. The van der Waals surface area contributed by atoms with Crippen LogP contribution in [0, 0.1) is 0 Å². The van der Waals surface area contributed by atoms with Crippen LogP contribution in [0.2, 0.25) is 0 Å². The Morgan fingerprint density at radius 1 is 1.23 bits per heavy atom. The summed E-state index contributed by atoms with van der Waals surface area (Å²) in [6.07, 6.45) is 8.33. The molecule has 0 spiro atoms. The van der Waals surface area contributed by atoms with Crippen molar-refractivity contribution in [1.29, 1.82) is 0 Å². The molecule has 1 saturated heterocycles. The van der Waals surface area contributed by atoms with Crippen molar-refractivity contribution in [2.75, 3.05) is 38.0 Å². The van der Waals surface area contributed by atoms with E-state index in [0.29, 0.717) is 53.7 Å². The van der Waals surface area contributed by atoms with Crippen molar-refractivity contribution in [1.82, 2.24) is 23.9 Å². The van der Waals surface area contributed by atoms with E-state index < -0.39 is 16.1 Å². The molecule has 1 aliphatic heterocycles. The molecule has 1 fully saturated rings. The molecule has 4 heterocycles. The standard InChI is InChI=1S/C28H34N6O5S/c1-4-6-21(35)17-39-22-8-5-7-19(13-22)27-31-25(14-26(32-27)33(2)20-9-11-38-12-10-20)24-16-34(40(3,36)37)28-23(24)15-29-18-30-28/h5,7-8,13-16,18,20-21,35H,4,6,9-12,17H2,1-3H3. The molecule has 3 aromatic heterocycles. The van der Waals surface area contributed by atoms with E-state index in [2.05, 4.69) is 14.9 Å². The number of ether oxygens (including phenoxy) is 2. The largest absolute Gasteiger partial charge is 0.491 e. The second kappa shape index (κ2) is 11.9. The van der Waals surface area contributed by atoms with Gasteiger partial charge >= 0.3 is 0 Å².